The summed E-state index contributed by atoms with van der Waals surface area (Å²) >= 11 is 2.28. The fourth-order valence-electron chi connectivity index (χ4n) is 1.31. The van der Waals surface area contributed by atoms with Crippen molar-refractivity contribution in [1.29, 1.82) is 0 Å². The summed E-state index contributed by atoms with van der Waals surface area (Å²) < 4.78 is 2.10. The number of hydrogen-bond acceptors (Lipinski definition) is 0. The Morgan fingerprint density at radius 2 is 1.87 bits per heavy atom. The average molecular weight is 318 g/mol. The number of hydrogen-bond donors (Lipinski definition) is 0. The number of allylic oxidation sites excluding steroid dienone is 5. The zero-order valence-electron chi connectivity index (χ0n) is 10.3. The van der Waals surface area contributed by atoms with Gasteiger partial charge in [0.05, 0.1) is 0 Å². The van der Waals surface area contributed by atoms with E-state index in [4.69, 9.17) is 0 Å². The second-order valence-corrected chi connectivity index (χ2v) is 5.00. The molecule has 0 N–H and O–H groups in total. The lowest BCUT2D eigenvalue weighted by Gasteiger charge is -2.05. The first-order chi connectivity index (χ1) is 7.10. The van der Waals surface area contributed by atoms with Crippen LogP contribution in [-0.4, -0.2) is 0 Å². The highest BCUT2D eigenvalue weighted by atomic mass is 127. The first kappa shape index (κ1) is 14.9. The van der Waals surface area contributed by atoms with Crippen LogP contribution in [0.25, 0.3) is 0 Å². The fraction of sp³-hybridized carbons (Fsp3) is 0.571. The lowest BCUT2D eigenvalue weighted by atomic mass is 10.0. The lowest BCUT2D eigenvalue weighted by Crippen LogP contribution is -1.90. The highest BCUT2D eigenvalue weighted by Crippen LogP contribution is 2.13. The highest BCUT2D eigenvalue weighted by Gasteiger charge is 1.97. The van der Waals surface area contributed by atoms with E-state index in [9.17, 15) is 0 Å². The zero-order chi connectivity index (χ0) is 11.7. The summed E-state index contributed by atoms with van der Waals surface area (Å²) in [6.45, 7) is 8.93. The Morgan fingerprint density at radius 1 is 1.20 bits per heavy atom. The summed E-state index contributed by atoms with van der Waals surface area (Å²) in [5.74, 6) is 1.34. The summed E-state index contributed by atoms with van der Waals surface area (Å²) in [5, 5.41) is 0. The van der Waals surface area contributed by atoms with Crippen LogP contribution in [0.1, 0.15) is 40.5 Å². The number of rotatable bonds is 6. The Morgan fingerprint density at radius 3 is 2.40 bits per heavy atom. The topological polar surface area (TPSA) is 0 Å². The molecule has 0 spiro atoms. The van der Waals surface area contributed by atoms with Crippen molar-refractivity contribution in [3.8, 4) is 0 Å². The van der Waals surface area contributed by atoms with Gasteiger partial charge in [0.25, 0.3) is 0 Å². The second-order valence-electron chi connectivity index (χ2n) is 4.28. The molecule has 0 saturated heterocycles. The van der Waals surface area contributed by atoms with Gasteiger partial charge in [0.15, 0.2) is 0 Å². The van der Waals surface area contributed by atoms with Gasteiger partial charge < -0.3 is 0 Å². The Balaban J connectivity index is 4.03. The first-order valence-electron chi connectivity index (χ1n) is 5.71. The summed E-state index contributed by atoms with van der Waals surface area (Å²) in [6, 6.07) is 0. The van der Waals surface area contributed by atoms with Gasteiger partial charge in [0, 0.05) is 0 Å². The molecule has 1 heteroatoms. The van der Waals surface area contributed by atoms with E-state index in [-0.39, 0.29) is 0 Å². The zero-order valence-corrected chi connectivity index (χ0v) is 12.5. The summed E-state index contributed by atoms with van der Waals surface area (Å²) in [4.78, 5) is 0. The normalized spacial score (nSPS) is 17.5. The fourth-order valence-corrected chi connectivity index (χ4v) is 2.02. The molecular weight excluding hydrogens is 295 g/mol. The molecule has 2 atom stereocenters. The maximum Gasteiger partial charge on any atom is -0.0217 e. The van der Waals surface area contributed by atoms with E-state index >= 15 is 0 Å². The smallest absolute Gasteiger partial charge is 0.0217 e. The van der Waals surface area contributed by atoms with E-state index in [0.717, 1.165) is 6.42 Å². The Labute approximate surface area is 109 Å². The van der Waals surface area contributed by atoms with Crippen LogP contribution in [0, 0.1) is 11.8 Å². The van der Waals surface area contributed by atoms with Gasteiger partial charge in [0.2, 0.25) is 0 Å². The second kappa shape index (κ2) is 9.20. The van der Waals surface area contributed by atoms with Gasteiger partial charge in [-0.1, -0.05) is 79.7 Å². The van der Waals surface area contributed by atoms with E-state index in [1.807, 2.05) is 0 Å². The quantitative estimate of drug-likeness (QED) is 0.447. The molecule has 0 fully saturated rings. The van der Waals surface area contributed by atoms with Gasteiger partial charge in [0.1, 0.15) is 0 Å². The molecule has 0 aromatic heterocycles. The molecule has 0 aliphatic carbocycles. The molecule has 0 aliphatic heterocycles. The van der Waals surface area contributed by atoms with Crippen molar-refractivity contribution in [3.63, 3.8) is 0 Å². The molecule has 0 amide bonds. The van der Waals surface area contributed by atoms with Crippen molar-refractivity contribution in [2.75, 3.05) is 0 Å². The third kappa shape index (κ3) is 8.91. The molecule has 0 bridgehead atoms. The highest BCUT2D eigenvalue weighted by molar-refractivity contribution is 14.1. The summed E-state index contributed by atoms with van der Waals surface area (Å²) in [5.41, 5.74) is 1.46. The third-order valence-corrected chi connectivity index (χ3v) is 2.92. The molecule has 15 heavy (non-hydrogen) atoms. The van der Waals surface area contributed by atoms with Crippen LogP contribution in [0.3, 0.4) is 0 Å². The van der Waals surface area contributed by atoms with E-state index in [2.05, 4.69) is 78.7 Å². The molecule has 0 saturated carbocycles. The molecule has 0 rings (SSSR count). The van der Waals surface area contributed by atoms with Crippen molar-refractivity contribution in [3.05, 3.63) is 34.0 Å². The Kier molecular flexibility index (Phi) is 9.17. The SMILES string of the molecule is CC[C@H](C)/C=C/C=C(\C)C[C@@H](C)/C=C/I. The van der Waals surface area contributed by atoms with Crippen molar-refractivity contribution in [2.24, 2.45) is 11.8 Å². The summed E-state index contributed by atoms with van der Waals surface area (Å²) in [6.07, 6.45) is 11.3. The lowest BCUT2D eigenvalue weighted by molar-refractivity contribution is 0.697. The van der Waals surface area contributed by atoms with E-state index < -0.39 is 0 Å². The predicted octanol–water partition coefficient (Wildman–Crippen LogP) is 5.51. The van der Waals surface area contributed by atoms with Crippen molar-refractivity contribution >= 4 is 22.6 Å². The van der Waals surface area contributed by atoms with Crippen molar-refractivity contribution in [1.82, 2.24) is 0 Å². The predicted molar refractivity (Wildman–Crippen MR) is 79.3 cm³/mol. The average Bonchev–Trinajstić information content (AvgIpc) is 2.17. The Bertz CT molecular complexity index is 236. The van der Waals surface area contributed by atoms with Gasteiger partial charge >= 0.3 is 0 Å². The standard InChI is InChI=1S/C14H23I/c1-5-12(2)7-6-8-13(3)11-14(4)9-10-15/h6-10,12,14H,5,11H2,1-4H3/b7-6+,10-9+,13-8+/t12-,14-/m0/s1. The molecule has 0 unspecified atom stereocenters. The minimum atomic E-state index is 0.648. The molecule has 0 nitrogen and oxygen atoms in total. The molecular formula is C14H23I. The maximum atomic E-state index is 2.28. The van der Waals surface area contributed by atoms with Crippen LogP contribution in [-0.2, 0) is 0 Å². The van der Waals surface area contributed by atoms with Gasteiger partial charge in [-0.15, -0.1) is 0 Å². The van der Waals surface area contributed by atoms with Crippen molar-refractivity contribution in [2.45, 2.75) is 40.5 Å². The molecule has 0 aromatic carbocycles. The van der Waals surface area contributed by atoms with Crippen LogP contribution in [0.4, 0.5) is 0 Å². The van der Waals surface area contributed by atoms with E-state index in [1.165, 1.54) is 12.0 Å². The number of halogens is 1. The van der Waals surface area contributed by atoms with Gasteiger partial charge in [-0.3, -0.25) is 0 Å². The monoisotopic (exact) mass is 318 g/mol. The minimum Gasteiger partial charge on any atom is -0.0817 e. The van der Waals surface area contributed by atoms with E-state index in [1.54, 1.807) is 0 Å². The molecule has 0 radical (unpaired) electrons. The third-order valence-electron chi connectivity index (χ3n) is 2.51. The molecule has 0 aromatic rings. The molecule has 0 aliphatic rings. The van der Waals surface area contributed by atoms with Gasteiger partial charge in [-0.2, -0.15) is 0 Å². The van der Waals surface area contributed by atoms with Crippen LogP contribution >= 0.6 is 22.6 Å². The van der Waals surface area contributed by atoms with Crippen LogP contribution < -0.4 is 0 Å². The molecule has 86 valence electrons. The first-order valence-corrected chi connectivity index (χ1v) is 6.95. The summed E-state index contributed by atoms with van der Waals surface area (Å²) in [7, 11) is 0. The van der Waals surface area contributed by atoms with E-state index in [0.29, 0.717) is 11.8 Å². The van der Waals surface area contributed by atoms with Crippen molar-refractivity contribution < 1.29 is 0 Å². The Hall–Kier alpha value is -0.0500. The van der Waals surface area contributed by atoms with Crippen LogP contribution in [0.15, 0.2) is 34.0 Å². The largest absolute Gasteiger partial charge is 0.0817 e. The minimum absolute atomic E-state index is 0.648. The van der Waals surface area contributed by atoms with Crippen LogP contribution in [0.2, 0.25) is 0 Å². The maximum absolute atomic E-state index is 2.28. The molecule has 0 heterocycles. The van der Waals surface area contributed by atoms with Gasteiger partial charge in [-0.05, 0) is 29.3 Å². The van der Waals surface area contributed by atoms with Crippen LogP contribution in [0.5, 0.6) is 0 Å². The van der Waals surface area contributed by atoms with Gasteiger partial charge in [-0.25, -0.2) is 0 Å².